The van der Waals surface area contributed by atoms with E-state index in [4.69, 9.17) is 4.74 Å². The van der Waals surface area contributed by atoms with Gasteiger partial charge in [0.2, 0.25) is 5.91 Å². The molecular weight excluding hydrogens is 436 g/mol. The molecule has 1 fully saturated rings. The molecule has 0 aromatic heterocycles. The highest BCUT2D eigenvalue weighted by molar-refractivity contribution is 8.00. The van der Waals surface area contributed by atoms with Crippen molar-refractivity contribution in [3.8, 4) is 0 Å². The number of nitrogens with one attached hydrogen (secondary N) is 1. The molecule has 30 heavy (non-hydrogen) atoms. The Labute approximate surface area is 176 Å². The second kappa shape index (κ2) is 8.48. The van der Waals surface area contributed by atoms with E-state index >= 15 is 0 Å². The van der Waals surface area contributed by atoms with Crippen LogP contribution in [0.5, 0.6) is 0 Å². The van der Waals surface area contributed by atoms with Crippen LogP contribution in [-0.2, 0) is 33.8 Å². The molecule has 0 aliphatic carbocycles. The number of carboxylic acid groups (broad SMARTS) is 1. The highest BCUT2D eigenvalue weighted by Crippen LogP contribution is 2.40. The zero-order valence-corrected chi connectivity index (χ0v) is 17.4. The van der Waals surface area contributed by atoms with Crippen LogP contribution in [0.3, 0.4) is 0 Å². The first kappa shape index (κ1) is 21.8. The van der Waals surface area contributed by atoms with Gasteiger partial charge in [-0.25, -0.2) is 13.2 Å². The molecular formula is C18H18N2O8S2. The molecule has 2 atom stereocenters. The number of β-lactam (4-membered cyclic amide) rings is 1. The van der Waals surface area contributed by atoms with Crippen LogP contribution in [0.25, 0.3) is 0 Å². The molecule has 1 saturated heterocycles. The number of amides is 2. The van der Waals surface area contributed by atoms with Crippen LogP contribution in [0.4, 0.5) is 0 Å². The van der Waals surface area contributed by atoms with Gasteiger partial charge >= 0.3 is 11.9 Å². The molecule has 1 aromatic rings. The Morgan fingerprint density at radius 3 is 2.53 bits per heavy atom. The molecule has 0 radical (unpaired) electrons. The van der Waals surface area contributed by atoms with Crippen molar-refractivity contribution in [3.05, 3.63) is 41.6 Å². The van der Waals surface area contributed by atoms with Crippen LogP contribution in [0.15, 0.2) is 46.5 Å². The maximum atomic E-state index is 12.5. The van der Waals surface area contributed by atoms with Crippen LogP contribution in [-0.4, -0.2) is 71.7 Å². The Balaban J connectivity index is 1.70. The third-order valence-corrected chi connectivity index (χ3v) is 7.41. The number of carboxylic acids is 1. The number of ether oxygens (including phenoxy) is 1. The van der Waals surface area contributed by atoms with Crippen LogP contribution < -0.4 is 5.32 Å². The molecule has 0 saturated carbocycles. The van der Waals surface area contributed by atoms with Crippen molar-refractivity contribution in [2.24, 2.45) is 0 Å². The Bertz CT molecular complexity index is 1040. The van der Waals surface area contributed by atoms with Crippen molar-refractivity contribution in [2.75, 3.05) is 18.1 Å². The number of hydrogen-bond acceptors (Lipinski definition) is 8. The van der Waals surface area contributed by atoms with Crippen LogP contribution in [0.1, 0.15) is 6.92 Å². The maximum Gasteiger partial charge on any atom is 0.352 e. The first-order valence-electron chi connectivity index (χ1n) is 8.72. The van der Waals surface area contributed by atoms with E-state index in [1.807, 2.05) is 0 Å². The van der Waals surface area contributed by atoms with E-state index in [1.165, 1.54) is 43.0 Å². The van der Waals surface area contributed by atoms with Crippen molar-refractivity contribution >= 4 is 45.4 Å². The number of nitrogens with zero attached hydrogens (tertiary/aromatic N) is 1. The van der Waals surface area contributed by atoms with Crippen molar-refractivity contribution in [3.63, 3.8) is 0 Å². The number of aliphatic carboxylic acids is 1. The SMILES string of the molecule is CC(=O)OCC1=C(C(=O)O)N2C(=O)[C@@H](NC(=O)CS(=O)(=O)c3ccccc3)[C@H]2SC1. The smallest absolute Gasteiger partial charge is 0.352 e. The number of esters is 1. The van der Waals surface area contributed by atoms with Crippen molar-refractivity contribution < 1.29 is 37.4 Å². The highest BCUT2D eigenvalue weighted by Gasteiger charge is 2.54. The molecule has 2 aliphatic heterocycles. The number of hydrogen-bond donors (Lipinski definition) is 2. The molecule has 2 heterocycles. The number of benzene rings is 1. The lowest BCUT2D eigenvalue weighted by Crippen LogP contribution is -2.71. The summed E-state index contributed by atoms with van der Waals surface area (Å²) in [5.74, 6) is -4.12. The largest absolute Gasteiger partial charge is 0.477 e. The van der Waals surface area contributed by atoms with Gasteiger partial charge in [0.15, 0.2) is 9.84 Å². The fraction of sp³-hybridized carbons (Fsp3) is 0.333. The Morgan fingerprint density at radius 2 is 1.93 bits per heavy atom. The van der Waals surface area contributed by atoms with E-state index in [0.29, 0.717) is 0 Å². The Kier molecular flexibility index (Phi) is 6.17. The number of carbonyl (C=O) groups is 4. The average Bonchev–Trinajstić information content (AvgIpc) is 2.69. The minimum Gasteiger partial charge on any atom is -0.477 e. The molecule has 0 bridgehead atoms. The maximum absolute atomic E-state index is 12.5. The summed E-state index contributed by atoms with van der Waals surface area (Å²) in [6, 6.07) is 6.39. The molecule has 2 amide bonds. The average molecular weight is 454 g/mol. The van der Waals surface area contributed by atoms with Crippen LogP contribution >= 0.6 is 11.8 Å². The number of sulfone groups is 1. The first-order chi connectivity index (χ1) is 14.1. The van der Waals surface area contributed by atoms with Gasteiger partial charge in [0.25, 0.3) is 5.91 Å². The van der Waals surface area contributed by atoms with E-state index in [9.17, 15) is 32.7 Å². The number of carbonyl (C=O) groups excluding carboxylic acids is 3. The van der Waals surface area contributed by atoms with Gasteiger partial charge in [-0.05, 0) is 12.1 Å². The molecule has 2 aliphatic rings. The predicted octanol–water partition coefficient (Wildman–Crippen LogP) is -0.238. The summed E-state index contributed by atoms with van der Waals surface area (Å²) in [5, 5.41) is 11.2. The van der Waals surface area contributed by atoms with Gasteiger partial charge in [0.05, 0.1) is 4.90 Å². The van der Waals surface area contributed by atoms with Gasteiger partial charge in [-0.2, -0.15) is 0 Å². The lowest BCUT2D eigenvalue weighted by atomic mass is 10.0. The van der Waals surface area contributed by atoms with Gasteiger partial charge < -0.3 is 15.2 Å². The molecule has 12 heteroatoms. The van der Waals surface area contributed by atoms with E-state index < -0.39 is 50.8 Å². The highest BCUT2D eigenvalue weighted by atomic mass is 32.2. The van der Waals surface area contributed by atoms with Crippen LogP contribution in [0.2, 0.25) is 0 Å². The summed E-state index contributed by atoms with van der Waals surface area (Å²) in [7, 11) is -3.88. The fourth-order valence-electron chi connectivity index (χ4n) is 3.08. The molecule has 10 nitrogen and oxygen atoms in total. The standard InChI is InChI=1S/C18H18N2O8S2/c1-10(21)28-7-11-8-29-17-14(16(23)20(17)15(11)18(24)25)19-13(22)9-30(26,27)12-5-3-2-4-6-12/h2-6,14,17H,7-9H2,1H3,(H,19,22)(H,24,25)/t14-,17-/m1/s1. The van der Waals surface area contributed by atoms with E-state index in [1.54, 1.807) is 6.07 Å². The van der Waals surface area contributed by atoms with E-state index in [0.717, 1.165) is 4.90 Å². The summed E-state index contributed by atoms with van der Waals surface area (Å²) in [5.41, 5.74) is -0.0175. The summed E-state index contributed by atoms with van der Waals surface area (Å²) in [6.07, 6.45) is 0. The molecule has 3 rings (SSSR count). The lowest BCUT2D eigenvalue weighted by Gasteiger charge is -2.49. The summed E-state index contributed by atoms with van der Waals surface area (Å²) in [6.45, 7) is 0.927. The molecule has 0 unspecified atom stereocenters. The van der Waals surface area contributed by atoms with Gasteiger partial charge in [-0.3, -0.25) is 19.3 Å². The topological polar surface area (TPSA) is 147 Å². The normalized spacial score (nSPS) is 20.8. The second-order valence-electron chi connectivity index (χ2n) is 6.56. The summed E-state index contributed by atoms with van der Waals surface area (Å²) in [4.78, 5) is 48.4. The Morgan fingerprint density at radius 1 is 1.27 bits per heavy atom. The number of fused-ring (bicyclic) bond motifs is 1. The molecule has 160 valence electrons. The van der Waals surface area contributed by atoms with Gasteiger partial charge in [0.1, 0.15) is 29.5 Å². The minimum absolute atomic E-state index is 0.0139. The zero-order chi connectivity index (χ0) is 22.1. The first-order valence-corrected chi connectivity index (χ1v) is 11.4. The van der Waals surface area contributed by atoms with Gasteiger partial charge in [0, 0.05) is 18.2 Å². The van der Waals surface area contributed by atoms with Crippen molar-refractivity contribution in [1.82, 2.24) is 10.2 Å². The van der Waals surface area contributed by atoms with Crippen LogP contribution in [0, 0.1) is 0 Å². The lowest BCUT2D eigenvalue weighted by molar-refractivity contribution is -0.150. The second-order valence-corrected chi connectivity index (χ2v) is 9.66. The molecule has 1 aromatic carbocycles. The quantitative estimate of drug-likeness (QED) is 0.421. The molecule has 0 spiro atoms. The number of rotatable bonds is 7. The van der Waals surface area contributed by atoms with Crippen molar-refractivity contribution in [2.45, 2.75) is 23.2 Å². The zero-order valence-electron chi connectivity index (χ0n) is 15.7. The van der Waals surface area contributed by atoms with E-state index in [-0.39, 0.29) is 28.5 Å². The predicted molar refractivity (Wildman–Crippen MR) is 105 cm³/mol. The van der Waals surface area contributed by atoms with Crippen molar-refractivity contribution in [1.29, 1.82) is 0 Å². The fourth-order valence-corrected chi connectivity index (χ4v) is 5.58. The summed E-state index contributed by atoms with van der Waals surface area (Å²) >= 11 is 1.19. The minimum atomic E-state index is -3.88. The third-order valence-electron chi connectivity index (χ3n) is 4.44. The van der Waals surface area contributed by atoms with Gasteiger partial charge in [-0.15, -0.1) is 11.8 Å². The Hall–Kier alpha value is -2.86. The number of thioether (sulfide) groups is 1. The molecule has 2 N–H and O–H groups in total. The van der Waals surface area contributed by atoms with Gasteiger partial charge in [-0.1, -0.05) is 18.2 Å². The monoisotopic (exact) mass is 454 g/mol. The van der Waals surface area contributed by atoms with E-state index in [2.05, 4.69) is 5.32 Å². The third kappa shape index (κ3) is 4.33. The summed E-state index contributed by atoms with van der Waals surface area (Å²) < 4.78 is 29.5.